The van der Waals surface area contributed by atoms with Gasteiger partial charge in [0.1, 0.15) is 11.5 Å². The van der Waals surface area contributed by atoms with Crippen LogP contribution in [-0.2, 0) is 4.79 Å². The van der Waals surface area contributed by atoms with Crippen molar-refractivity contribution in [1.29, 1.82) is 0 Å². The maximum absolute atomic E-state index is 12.2. The van der Waals surface area contributed by atoms with Crippen LogP contribution in [-0.4, -0.2) is 15.7 Å². The van der Waals surface area contributed by atoms with E-state index in [9.17, 15) is 19.7 Å². The number of carbonyl (C=O) groups is 1. The minimum atomic E-state index is -0.537. The van der Waals surface area contributed by atoms with Crippen molar-refractivity contribution in [2.24, 2.45) is 5.41 Å². The van der Waals surface area contributed by atoms with Gasteiger partial charge in [-0.1, -0.05) is 32.4 Å². The Morgan fingerprint density at radius 1 is 1.28 bits per heavy atom. The molecular weight excluding hydrogens is 416 g/mol. The number of nitrogens with zero attached hydrogens (tertiary/aromatic N) is 1. The van der Waals surface area contributed by atoms with Crippen LogP contribution in [0.25, 0.3) is 23.5 Å². The molecule has 0 aliphatic rings. The number of Topliss-reactive ketones (excluding diaryl/α,β-unsaturated/α-hetero) is 1. The Balaban J connectivity index is 1.96. The van der Waals surface area contributed by atoms with Crippen molar-refractivity contribution in [2.75, 3.05) is 0 Å². The maximum Gasteiger partial charge on any atom is 0.270 e. The molecule has 1 N–H and O–H groups in total. The van der Waals surface area contributed by atoms with E-state index in [1.807, 2.05) is 0 Å². The van der Waals surface area contributed by atoms with Gasteiger partial charge in [0.2, 0.25) is 0 Å². The number of nitro benzene ring substituents is 1. The molecule has 150 valence electrons. The Morgan fingerprint density at radius 2 is 2.00 bits per heavy atom. The number of hydrogen-bond acceptors (Lipinski definition) is 6. The van der Waals surface area contributed by atoms with E-state index < -0.39 is 10.3 Å². The van der Waals surface area contributed by atoms with Crippen molar-refractivity contribution in [3.05, 3.63) is 70.8 Å². The highest BCUT2D eigenvalue weighted by Crippen LogP contribution is 2.32. The lowest BCUT2D eigenvalue weighted by Crippen LogP contribution is -2.22. The predicted octanol–water partition coefficient (Wildman–Crippen LogP) is 3.48. The van der Waals surface area contributed by atoms with E-state index >= 15 is 0 Å². The number of carbonyl (C=O) groups excluding carboxylic acids is 1. The molecule has 0 bridgehead atoms. The second kappa shape index (κ2) is 7.81. The summed E-state index contributed by atoms with van der Waals surface area (Å²) in [6.07, 6.45) is 2.98. The second-order valence-corrected chi connectivity index (χ2v) is 8.80. The number of aromatic amines is 1. The van der Waals surface area contributed by atoms with Gasteiger partial charge in [-0.05, 0) is 18.2 Å². The van der Waals surface area contributed by atoms with Gasteiger partial charge in [0.15, 0.2) is 5.78 Å². The molecule has 0 radical (unpaired) electrons. The number of nitro groups is 1. The molecule has 3 aromatic rings. The summed E-state index contributed by atoms with van der Waals surface area (Å²) in [5.41, 5.74) is -0.475. The van der Waals surface area contributed by atoms with Crippen LogP contribution in [0.15, 0.2) is 39.5 Å². The number of thiazole rings is 1. The molecule has 0 amide bonds. The van der Waals surface area contributed by atoms with Crippen molar-refractivity contribution in [2.45, 2.75) is 20.8 Å². The molecule has 0 atom stereocenters. The average Bonchev–Trinajstić information content (AvgIpc) is 3.21. The molecule has 0 saturated carbocycles. The van der Waals surface area contributed by atoms with E-state index in [2.05, 4.69) is 4.98 Å². The molecule has 2 aromatic heterocycles. The first kappa shape index (κ1) is 20.8. The van der Waals surface area contributed by atoms with Crippen LogP contribution in [0, 0.1) is 15.5 Å². The molecule has 0 saturated heterocycles. The van der Waals surface area contributed by atoms with Gasteiger partial charge in [0, 0.05) is 35.3 Å². The minimum Gasteiger partial charge on any atom is -0.457 e. The highest BCUT2D eigenvalue weighted by molar-refractivity contribution is 7.07. The monoisotopic (exact) mass is 432 g/mol. The molecule has 2 heterocycles. The molecular formula is C20H17ClN2O5S. The number of furan rings is 1. The van der Waals surface area contributed by atoms with Gasteiger partial charge < -0.3 is 9.40 Å². The molecule has 0 aliphatic heterocycles. The third kappa shape index (κ3) is 4.72. The maximum atomic E-state index is 12.2. The molecule has 29 heavy (non-hydrogen) atoms. The number of ketones is 1. The Labute approximate surface area is 174 Å². The highest BCUT2D eigenvalue weighted by Gasteiger charge is 2.18. The van der Waals surface area contributed by atoms with E-state index in [1.54, 1.807) is 39.0 Å². The fraction of sp³-hybridized carbons (Fsp3) is 0.200. The number of non-ortho nitro benzene ring substituents is 1. The zero-order valence-corrected chi connectivity index (χ0v) is 17.4. The van der Waals surface area contributed by atoms with Crippen LogP contribution in [0.3, 0.4) is 0 Å². The Morgan fingerprint density at radius 3 is 2.62 bits per heavy atom. The summed E-state index contributed by atoms with van der Waals surface area (Å²) < 4.78 is 6.57. The van der Waals surface area contributed by atoms with Crippen LogP contribution in [0.2, 0.25) is 5.02 Å². The first-order valence-electron chi connectivity index (χ1n) is 8.56. The predicted molar refractivity (Wildman–Crippen MR) is 112 cm³/mol. The minimum absolute atomic E-state index is 0.0883. The van der Waals surface area contributed by atoms with E-state index in [4.69, 9.17) is 16.0 Å². The number of hydrogen-bond donors (Lipinski definition) is 1. The summed E-state index contributed by atoms with van der Waals surface area (Å²) in [7, 11) is 0. The number of aromatic nitrogens is 1. The quantitative estimate of drug-likeness (QED) is 0.501. The topological polar surface area (TPSA) is 106 Å². The summed E-state index contributed by atoms with van der Waals surface area (Å²) in [4.78, 5) is 37.2. The third-order valence-electron chi connectivity index (χ3n) is 4.01. The zero-order valence-electron chi connectivity index (χ0n) is 15.8. The van der Waals surface area contributed by atoms with Gasteiger partial charge in [-0.2, -0.15) is 0 Å². The van der Waals surface area contributed by atoms with Crippen molar-refractivity contribution < 1.29 is 14.1 Å². The van der Waals surface area contributed by atoms with Gasteiger partial charge in [-0.15, -0.1) is 11.3 Å². The standard InChI is InChI=1S/C20H17ClN2O5S/c1-20(2,3)17(24)10-18-22-19(25)16(29-18)9-12-5-7-15(28-12)13-6-4-11(23(26)27)8-14(13)21/h4-10H,1-3H3,(H,22,25)/b16-9+,18-10+. The highest BCUT2D eigenvalue weighted by atomic mass is 35.5. The largest absolute Gasteiger partial charge is 0.457 e. The van der Waals surface area contributed by atoms with E-state index in [-0.39, 0.29) is 22.1 Å². The fourth-order valence-corrected chi connectivity index (χ4v) is 3.52. The molecule has 0 fully saturated rings. The van der Waals surface area contributed by atoms with Crippen LogP contribution in [0.1, 0.15) is 26.5 Å². The number of H-pyrrole nitrogens is 1. The average molecular weight is 433 g/mol. The molecule has 3 rings (SSSR count). The van der Waals surface area contributed by atoms with Gasteiger partial charge >= 0.3 is 0 Å². The zero-order chi connectivity index (χ0) is 21.3. The van der Waals surface area contributed by atoms with Crippen LogP contribution < -0.4 is 14.8 Å². The van der Waals surface area contributed by atoms with Crippen LogP contribution in [0.5, 0.6) is 0 Å². The first-order valence-corrected chi connectivity index (χ1v) is 9.75. The summed E-state index contributed by atoms with van der Waals surface area (Å²) in [6.45, 7) is 5.41. The molecule has 0 spiro atoms. The molecule has 0 aliphatic carbocycles. The van der Waals surface area contributed by atoms with Crippen LogP contribution >= 0.6 is 22.9 Å². The van der Waals surface area contributed by atoms with E-state index in [1.165, 1.54) is 24.3 Å². The number of benzene rings is 1. The third-order valence-corrected chi connectivity index (χ3v) is 5.29. The molecule has 1 aromatic carbocycles. The normalized spacial score (nSPS) is 13.1. The van der Waals surface area contributed by atoms with Gasteiger partial charge in [0.05, 0.1) is 19.1 Å². The molecule has 0 unspecified atom stereocenters. The molecule has 7 nitrogen and oxygen atoms in total. The fourth-order valence-electron chi connectivity index (χ4n) is 2.38. The SMILES string of the molecule is CC(C)(C)C(=O)/C=c1\[nH]c(=O)/c(=C\c2ccc(-c3ccc([N+](=O)[O-])cc3Cl)o2)s1. The molecule has 9 heteroatoms. The van der Waals surface area contributed by atoms with E-state index in [0.717, 1.165) is 11.3 Å². The Kier molecular flexibility index (Phi) is 5.59. The summed E-state index contributed by atoms with van der Waals surface area (Å²) in [5, 5.41) is 11.0. The van der Waals surface area contributed by atoms with Crippen LogP contribution in [0.4, 0.5) is 5.69 Å². The summed E-state index contributed by atoms with van der Waals surface area (Å²) >= 11 is 7.28. The summed E-state index contributed by atoms with van der Waals surface area (Å²) in [5.74, 6) is 0.740. The Hall–Kier alpha value is -2.97. The van der Waals surface area contributed by atoms with Crippen molar-refractivity contribution in [3.8, 4) is 11.3 Å². The van der Waals surface area contributed by atoms with Crippen molar-refractivity contribution in [3.63, 3.8) is 0 Å². The summed E-state index contributed by atoms with van der Waals surface area (Å²) in [6, 6.07) is 7.42. The van der Waals surface area contributed by atoms with Crippen molar-refractivity contribution in [1.82, 2.24) is 4.98 Å². The number of halogens is 1. The van der Waals surface area contributed by atoms with Crippen molar-refractivity contribution >= 4 is 46.6 Å². The first-order chi connectivity index (χ1) is 13.5. The van der Waals surface area contributed by atoms with Gasteiger partial charge in [0.25, 0.3) is 11.2 Å². The lowest BCUT2D eigenvalue weighted by Gasteiger charge is -2.12. The lowest BCUT2D eigenvalue weighted by molar-refractivity contribution is -0.384. The smallest absolute Gasteiger partial charge is 0.270 e. The number of nitrogens with one attached hydrogen (secondary N) is 1. The number of rotatable bonds is 4. The van der Waals surface area contributed by atoms with Gasteiger partial charge in [-0.25, -0.2) is 0 Å². The Bertz CT molecular complexity index is 1280. The second-order valence-electron chi connectivity index (χ2n) is 7.31. The lowest BCUT2D eigenvalue weighted by atomic mass is 9.91. The van der Waals surface area contributed by atoms with E-state index in [0.29, 0.717) is 26.3 Å². The van der Waals surface area contributed by atoms with Gasteiger partial charge in [-0.3, -0.25) is 19.7 Å².